The first-order chi connectivity index (χ1) is 16.9. The van der Waals surface area contributed by atoms with Gasteiger partial charge in [0, 0.05) is 33.4 Å². The van der Waals surface area contributed by atoms with Gasteiger partial charge in [-0.3, -0.25) is 0 Å². The van der Waals surface area contributed by atoms with Gasteiger partial charge in [0.05, 0.1) is 35.8 Å². The SMILES string of the molecule is O=C([O-])c1ccccc1C(=O)[O-].O=C([O-])c1ccccc1C(=O)[O-].O=C([O-])c1ccccc1C(=O)[O-].[Bi+3].[Ru+3]. The molecule has 0 N–H and O–H groups in total. The van der Waals surface area contributed by atoms with Crippen molar-refractivity contribution in [1.29, 1.82) is 0 Å². The molecule has 3 aromatic carbocycles. The molecule has 0 aromatic heterocycles. The molecule has 3 radical (unpaired) electrons. The summed E-state index contributed by atoms with van der Waals surface area (Å²) in [6, 6.07) is 15.4. The molecule has 0 unspecified atom stereocenters. The van der Waals surface area contributed by atoms with Gasteiger partial charge in [0.25, 0.3) is 0 Å². The molecule has 0 spiro atoms. The van der Waals surface area contributed by atoms with Gasteiger partial charge in [-0.1, -0.05) is 72.8 Å². The molecular formula is C24H12BiO12Ru. The second kappa shape index (κ2) is 17.4. The van der Waals surface area contributed by atoms with E-state index in [2.05, 4.69) is 0 Å². The number of hydrogen-bond acceptors (Lipinski definition) is 12. The van der Waals surface area contributed by atoms with Crippen LogP contribution in [0.15, 0.2) is 72.8 Å². The van der Waals surface area contributed by atoms with Crippen LogP contribution in [0.25, 0.3) is 0 Å². The summed E-state index contributed by atoms with van der Waals surface area (Å²) in [5.74, 6) is -9.11. The van der Waals surface area contributed by atoms with E-state index in [9.17, 15) is 59.4 Å². The maximum absolute atomic E-state index is 10.3. The second-order valence-electron chi connectivity index (χ2n) is 6.36. The van der Waals surface area contributed by atoms with E-state index in [-0.39, 0.29) is 79.1 Å². The maximum atomic E-state index is 10.3. The van der Waals surface area contributed by atoms with Gasteiger partial charge in [-0.05, 0) is 0 Å². The summed E-state index contributed by atoms with van der Waals surface area (Å²) < 4.78 is 0. The van der Waals surface area contributed by atoms with Gasteiger partial charge in [-0.25, -0.2) is 0 Å². The Hall–Kier alpha value is -4.01. The second-order valence-corrected chi connectivity index (χ2v) is 6.36. The average molecular weight is 802 g/mol. The molecule has 14 heteroatoms. The smallest absolute Gasteiger partial charge is 0.545 e. The minimum absolute atomic E-state index is 0. The van der Waals surface area contributed by atoms with Crippen molar-refractivity contribution in [2.24, 2.45) is 0 Å². The number of carboxylic acids is 6. The third-order valence-corrected chi connectivity index (χ3v) is 4.10. The molecule has 0 aliphatic carbocycles. The molecule has 0 bridgehead atoms. The third-order valence-electron chi connectivity index (χ3n) is 4.10. The number of carbonyl (C=O) groups excluding carboxylic acids is 6. The molecule has 0 atom stereocenters. The molecule has 193 valence electrons. The van der Waals surface area contributed by atoms with Crippen LogP contribution in [0, 0.1) is 0 Å². The molecule has 0 aliphatic rings. The molecule has 0 fully saturated rings. The van der Waals surface area contributed by atoms with Crippen molar-refractivity contribution in [1.82, 2.24) is 0 Å². The average Bonchev–Trinajstić information content (AvgIpc) is 2.84. The van der Waals surface area contributed by atoms with E-state index in [0.717, 1.165) is 36.4 Å². The van der Waals surface area contributed by atoms with Gasteiger partial charge in [0.1, 0.15) is 0 Å². The van der Waals surface area contributed by atoms with Crippen molar-refractivity contribution >= 4 is 62.0 Å². The molecule has 0 saturated carbocycles. The maximum Gasteiger partial charge on any atom is 3.00 e. The van der Waals surface area contributed by atoms with Crippen molar-refractivity contribution < 1.29 is 78.9 Å². The number of benzene rings is 3. The van der Waals surface area contributed by atoms with E-state index in [1.165, 1.54) is 36.4 Å². The van der Waals surface area contributed by atoms with Crippen LogP contribution in [0.4, 0.5) is 0 Å². The fraction of sp³-hybridized carbons (Fsp3) is 0. The molecule has 0 heterocycles. The summed E-state index contributed by atoms with van der Waals surface area (Å²) >= 11 is 0. The molecule has 0 aliphatic heterocycles. The van der Waals surface area contributed by atoms with Crippen molar-refractivity contribution in [3.8, 4) is 0 Å². The summed E-state index contributed by atoms with van der Waals surface area (Å²) in [4.78, 5) is 61.9. The molecule has 0 amide bonds. The Morgan fingerprint density at radius 2 is 0.447 bits per heavy atom. The Morgan fingerprint density at radius 1 is 0.342 bits per heavy atom. The Morgan fingerprint density at radius 3 is 0.526 bits per heavy atom. The van der Waals surface area contributed by atoms with Crippen LogP contribution < -0.4 is 30.6 Å². The van der Waals surface area contributed by atoms with E-state index in [1.807, 2.05) is 0 Å². The van der Waals surface area contributed by atoms with Gasteiger partial charge in [0.15, 0.2) is 0 Å². The number of aromatic carboxylic acids is 6. The van der Waals surface area contributed by atoms with Crippen LogP contribution in [-0.4, -0.2) is 62.0 Å². The van der Waals surface area contributed by atoms with Crippen molar-refractivity contribution in [3.63, 3.8) is 0 Å². The molecule has 12 nitrogen and oxygen atoms in total. The first-order valence-electron chi connectivity index (χ1n) is 9.43. The van der Waals surface area contributed by atoms with Gasteiger partial charge in [-0.15, -0.1) is 0 Å². The quantitative estimate of drug-likeness (QED) is 0.213. The van der Waals surface area contributed by atoms with Gasteiger partial charge >= 0.3 is 45.7 Å². The zero-order valence-corrected chi connectivity index (χ0v) is 23.8. The summed E-state index contributed by atoms with van der Waals surface area (Å²) in [7, 11) is 0. The van der Waals surface area contributed by atoms with Crippen molar-refractivity contribution in [3.05, 3.63) is 106 Å². The third kappa shape index (κ3) is 10.9. The topological polar surface area (TPSA) is 241 Å². The van der Waals surface area contributed by atoms with Crippen LogP contribution in [0.1, 0.15) is 62.1 Å². The van der Waals surface area contributed by atoms with Crippen LogP contribution in [0.3, 0.4) is 0 Å². The number of hydrogen-bond donors (Lipinski definition) is 0. The van der Waals surface area contributed by atoms with Gasteiger partial charge in [-0.2, -0.15) is 0 Å². The summed E-state index contributed by atoms with van der Waals surface area (Å²) in [6.07, 6.45) is 0. The summed E-state index contributed by atoms with van der Waals surface area (Å²) in [6.45, 7) is 0. The van der Waals surface area contributed by atoms with Crippen LogP contribution >= 0.6 is 0 Å². The van der Waals surface area contributed by atoms with Crippen molar-refractivity contribution in [2.75, 3.05) is 0 Å². The normalized spacial score (nSPS) is 8.84. The molecule has 38 heavy (non-hydrogen) atoms. The van der Waals surface area contributed by atoms with E-state index >= 15 is 0 Å². The Labute approximate surface area is 246 Å². The minimum atomic E-state index is -1.52. The molecule has 0 saturated heterocycles. The number of carboxylic acid groups (broad SMARTS) is 6. The number of rotatable bonds is 6. The van der Waals surface area contributed by atoms with E-state index in [4.69, 9.17) is 0 Å². The van der Waals surface area contributed by atoms with E-state index < -0.39 is 35.8 Å². The van der Waals surface area contributed by atoms with E-state index in [1.54, 1.807) is 0 Å². The molecular weight excluding hydrogens is 790 g/mol. The Bertz CT molecular complexity index is 1060. The van der Waals surface area contributed by atoms with E-state index in [0.29, 0.717) is 0 Å². The predicted octanol–water partition coefficient (Wildman–Crippen LogP) is -5.14. The molecule has 3 aromatic rings. The van der Waals surface area contributed by atoms with Crippen LogP contribution in [-0.2, 0) is 19.5 Å². The number of carbonyl (C=O) groups is 6. The predicted molar refractivity (Wildman–Crippen MR) is 111 cm³/mol. The first-order valence-corrected chi connectivity index (χ1v) is 9.43. The standard InChI is InChI=1S/3C8H6O4.Bi.Ru/c3*9-7(10)5-3-1-2-4-6(5)8(11)12;;/h3*1-4H,(H,9,10)(H,11,12);;/q;;;2*+3/p-6. The fourth-order valence-corrected chi connectivity index (χ4v) is 2.52. The summed E-state index contributed by atoms with van der Waals surface area (Å²) in [5.41, 5.74) is -2.18. The van der Waals surface area contributed by atoms with Crippen LogP contribution in [0.5, 0.6) is 0 Å². The van der Waals surface area contributed by atoms with Crippen LogP contribution in [0.2, 0.25) is 0 Å². The largest absolute Gasteiger partial charge is 3.00 e. The van der Waals surface area contributed by atoms with Gasteiger partial charge < -0.3 is 59.4 Å². The van der Waals surface area contributed by atoms with Gasteiger partial charge in [0.2, 0.25) is 0 Å². The minimum Gasteiger partial charge on any atom is -0.545 e. The first kappa shape index (κ1) is 36.1. The fourth-order valence-electron chi connectivity index (χ4n) is 2.52. The zero-order valence-electron chi connectivity index (χ0n) is 18.6. The summed E-state index contributed by atoms with van der Waals surface area (Å²) in [5, 5.41) is 61.9. The Kier molecular flexibility index (Phi) is 16.6. The zero-order chi connectivity index (χ0) is 27.4. The monoisotopic (exact) mass is 803 g/mol. The van der Waals surface area contributed by atoms with Crippen molar-refractivity contribution in [2.45, 2.75) is 0 Å². The Balaban J connectivity index is 0. The molecule has 3 rings (SSSR count).